The van der Waals surface area contributed by atoms with E-state index in [0.717, 1.165) is 16.7 Å². The van der Waals surface area contributed by atoms with Gasteiger partial charge < -0.3 is 9.84 Å². The van der Waals surface area contributed by atoms with Gasteiger partial charge in [0.05, 0.1) is 23.3 Å². The monoisotopic (exact) mass is 479 g/mol. The van der Waals surface area contributed by atoms with E-state index in [0.29, 0.717) is 17.0 Å². The maximum atomic E-state index is 13.1. The van der Waals surface area contributed by atoms with E-state index in [9.17, 15) is 27.9 Å². The molecular formula is C22H17ClF3N3O4. The van der Waals surface area contributed by atoms with Gasteiger partial charge in [-0.2, -0.15) is 13.2 Å². The van der Waals surface area contributed by atoms with E-state index in [1.807, 2.05) is 0 Å². The Morgan fingerprint density at radius 2 is 1.94 bits per heavy atom. The summed E-state index contributed by atoms with van der Waals surface area (Å²) in [6.07, 6.45) is -4.82. The molecule has 11 heteroatoms. The second kappa shape index (κ2) is 7.58. The van der Waals surface area contributed by atoms with Crippen molar-refractivity contribution in [2.24, 2.45) is 0 Å². The second-order valence-electron chi connectivity index (χ2n) is 7.95. The average Bonchev–Trinajstić information content (AvgIpc) is 3.44. The molecule has 3 aromatic rings. The van der Waals surface area contributed by atoms with Gasteiger partial charge in [-0.05, 0) is 30.7 Å². The molecule has 0 unspecified atom stereocenters. The number of rotatable bonds is 3. The van der Waals surface area contributed by atoms with Crippen LogP contribution in [0.3, 0.4) is 0 Å². The van der Waals surface area contributed by atoms with E-state index in [2.05, 4.69) is 0 Å². The highest BCUT2D eigenvalue weighted by Crippen LogP contribution is 2.49. The van der Waals surface area contributed by atoms with Gasteiger partial charge in [0.25, 0.3) is 0 Å². The number of benzene rings is 2. The van der Waals surface area contributed by atoms with Gasteiger partial charge in [0.2, 0.25) is 5.88 Å². The van der Waals surface area contributed by atoms with Crippen LogP contribution in [0.5, 0.6) is 5.88 Å². The van der Waals surface area contributed by atoms with E-state index in [-0.39, 0.29) is 24.5 Å². The van der Waals surface area contributed by atoms with E-state index in [1.165, 1.54) is 21.6 Å². The Morgan fingerprint density at radius 1 is 1.18 bits per heavy atom. The number of fused-ring (bicyclic) bond motifs is 5. The molecule has 2 bridgehead atoms. The molecule has 7 nitrogen and oxygen atoms in total. The predicted octanol–water partition coefficient (Wildman–Crippen LogP) is 4.66. The highest BCUT2D eigenvalue weighted by molar-refractivity contribution is 6.31. The molecule has 2 aliphatic rings. The fourth-order valence-electron chi connectivity index (χ4n) is 4.54. The van der Waals surface area contributed by atoms with Crippen LogP contribution in [0.2, 0.25) is 5.02 Å². The summed E-state index contributed by atoms with van der Waals surface area (Å²) in [5.74, 6) is -0.490. The number of nitrogens with zero attached hydrogens (tertiary/aromatic N) is 3. The van der Waals surface area contributed by atoms with Gasteiger partial charge in [-0.1, -0.05) is 35.9 Å². The van der Waals surface area contributed by atoms with Gasteiger partial charge in [-0.25, -0.2) is 14.2 Å². The number of ether oxygens (including phenoxy) is 1. The Kier molecular flexibility index (Phi) is 4.93. The van der Waals surface area contributed by atoms with Crippen LogP contribution >= 0.6 is 11.6 Å². The Balaban J connectivity index is 1.43. The van der Waals surface area contributed by atoms with Crippen LogP contribution < -0.4 is 5.69 Å². The third-order valence-electron chi connectivity index (χ3n) is 6.03. The Morgan fingerprint density at radius 3 is 2.67 bits per heavy atom. The maximum absolute atomic E-state index is 13.1. The van der Waals surface area contributed by atoms with Crippen LogP contribution in [0, 0.1) is 0 Å². The average molecular weight is 480 g/mol. The zero-order valence-corrected chi connectivity index (χ0v) is 17.7. The van der Waals surface area contributed by atoms with Gasteiger partial charge in [0.15, 0.2) is 0 Å². The minimum atomic E-state index is -4.60. The molecule has 0 aliphatic carbocycles. The molecule has 1 fully saturated rings. The van der Waals surface area contributed by atoms with Gasteiger partial charge >= 0.3 is 18.0 Å². The fraction of sp³-hybridized carbons (Fsp3) is 0.273. The summed E-state index contributed by atoms with van der Waals surface area (Å²) in [6.45, 7) is 0.140. The molecule has 2 aromatic carbocycles. The molecule has 2 atom stereocenters. The molecule has 172 valence electrons. The molecule has 1 amide bonds. The summed E-state index contributed by atoms with van der Waals surface area (Å²) in [6, 6.07) is 10.0. The number of carbonyl (C=O) groups is 1. The molecule has 33 heavy (non-hydrogen) atoms. The van der Waals surface area contributed by atoms with E-state index < -0.39 is 41.5 Å². The van der Waals surface area contributed by atoms with Crippen molar-refractivity contribution in [2.45, 2.75) is 31.3 Å². The number of halogens is 4. The number of likely N-dealkylation sites (tertiary alicyclic amines) is 1. The number of hydrogen-bond donors (Lipinski definition) is 1. The Hall–Kier alpha value is -3.40. The molecule has 0 spiro atoms. The van der Waals surface area contributed by atoms with Crippen LogP contribution in [0.15, 0.2) is 53.3 Å². The van der Waals surface area contributed by atoms with E-state index >= 15 is 0 Å². The number of hydrogen-bond acceptors (Lipinski definition) is 4. The van der Waals surface area contributed by atoms with E-state index in [1.54, 1.807) is 24.3 Å². The minimum absolute atomic E-state index is 0.0452. The number of aromatic nitrogens is 2. The van der Waals surface area contributed by atoms with Crippen molar-refractivity contribution >= 4 is 17.7 Å². The number of carbonyl (C=O) groups excluding carboxylic acids is 1. The Labute approximate surface area is 190 Å². The fourth-order valence-corrected chi connectivity index (χ4v) is 4.73. The topological polar surface area (TPSA) is 76.7 Å². The molecule has 1 aromatic heterocycles. The summed E-state index contributed by atoms with van der Waals surface area (Å²) in [5, 5.41) is 11.3. The molecule has 3 heterocycles. The highest BCUT2D eigenvalue weighted by Gasteiger charge is 2.49. The first kappa shape index (κ1) is 21.4. The standard InChI is InChI=1S/C22H17ClF3N3O4/c23-16-7-2-1-4-12(16)11-33-21(32)27-10-15-9-17(27)18-19(30)29(20(31)28(15)18)14-6-3-5-13(8-14)22(24,25)26/h1-8,15,17,30H,9-11H2/t15-,17-/m0/s1. The lowest BCUT2D eigenvalue weighted by Gasteiger charge is -2.27. The van der Waals surface area contributed by atoms with Crippen molar-refractivity contribution in [1.82, 2.24) is 14.0 Å². The number of amides is 1. The minimum Gasteiger partial charge on any atom is -0.493 e. The summed E-state index contributed by atoms with van der Waals surface area (Å²) in [7, 11) is 0. The van der Waals surface area contributed by atoms with Crippen LogP contribution in [0.4, 0.5) is 18.0 Å². The smallest absolute Gasteiger partial charge is 0.416 e. The largest absolute Gasteiger partial charge is 0.493 e. The lowest BCUT2D eigenvalue weighted by atomic mass is 10.2. The molecule has 1 N–H and O–H groups in total. The third kappa shape index (κ3) is 3.45. The van der Waals surface area contributed by atoms with Crippen LogP contribution in [0.25, 0.3) is 5.69 Å². The zero-order valence-electron chi connectivity index (χ0n) is 16.9. The lowest BCUT2D eigenvalue weighted by Crippen LogP contribution is -2.38. The van der Waals surface area contributed by atoms with Crippen LogP contribution in [0.1, 0.15) is 35.3 Å². The van der Waals surface area contributed by atoms with Crippen molar-refractivity contribution in [1.29, 1.82) is 0 Å². The summed E-state index contributed by atoms with van der Waals surface area (Å²) >= 11 is 6.09. The summed E-state index contributed by atoms with van der Waals surface area (Å²) in [4.78, 5) is 27.1. The molecule has 5 rings (SSSR count). The number of imidazole rings is 1. The van der Waals surface area contributed by atoms with Crippen molar-refractivity contribution in [2.75, 3.05) is 6.54 Å². The van der Waals surface area contributed by atoms with Gasteiger partial charge in [0, 0.05) is 17.1 Å². The van der Waals surface area contributed by atoms with Crippen molar-refractivity contribution < 1.29 is 27.8 Å². The van der Waals surface area contributed by atoms with Gasteiger partial charge in [-0.15, -0.1) is 0 Å². The first-order valence-corrected chi connectivity index (χ1v) is 10.4. The predicted molar refractivity (Wildman–Crippen MR) is 111 cm³/mol. The second-order valence-corrected chi connectivity index (χ2v) is 8.36. The van der Waals surface area contributed by atoms with Gasteiger partial charge in [-0.3, -0.25) is 9.47 Å². The maximum Gasteiger partial charge on any atom is 0.416 e. The van der Waals surface area contributed by atoms with Crippen LogP contribution in [-0.2, 0) is 17.5 Å². The molecular weight excluding hydrogens is 463 g/mol. The van der Waals surface area contributed by atoms with Gasteiger partial charge in [0.1, 0.15) is 12.3 Å². The quantitative estimate of drug-likeness (QED) is 0.593. The first-order valence-electron chi connectivity index (χ1n) is 10.1. The molecule has 2 aliphatic heterocycles. The van der Waals surface area contributed by atoms with Crippen molar-refractivity contribution in [3.8, 4) is 11.6 Å². The number of aromatic hydroxyl groups is 1. The SMILES string of the molecule is O=C(OCc1ccccc1Cl)N1C[C@@H]2C[C@H]1c1c(O)n(-c3cccc(C(F)(F)F)c3)c(=O)n12. The normalized spacial score (nSPS) is 19.1. The third-order valence-corrected chi connectivity index (χ3v) is 6.40. The first-order chi connectivity index (χ1) is 15.7. The molecule has 1 saturated heterocycles. The van der Waals surface area contributed by atoms with Crippen molar-refractivity contribution in [3.63, 3.8) is 0 Å². The lowest BCUT2D eigenvalue weighted by molar-refractivity contribution is -0.137. The molecule has 0 radical (unpaired) electrons. The summed E-state index contributed by atoms with van der Waals surface area (Å²) < 4.78 is 46.9. The summed E-state index contributed by atoms with van der Waals surface area (Å²) in [5.41, 5.74) is -0.888. The zero-order chi connectivity index (χ0) is 23.5. The highest BCUT2D eigenvalue weighted by atomic mass is 35.5. The Bertz CT molecular complexity index is 1320. The van der Waals surface area contributed by atoms with Crippen molar-refractivity contribution in [3.05, 3.63) is 80.9 Å². The van der Waals surface area contributed by atoms with E-state index in [4.69, 9.17) is 16.3 Å². The molecule has 0 saturated carbocycles. The number of alkyl halides is 3. The van der Waals surface area contributed by atoms with Crippen LogP contribution in [-0.4, -0.2) is 31.8 Å².